The number of rotatable bonds is 4. The number of benzene rings is 2. The topological polar surface area (TPSA) is 84.0 Å². The molecule has 35 heavy (non-hydrogen) atoms. The Labute approximate surface area is 204 Å². The Morgan fingerprint density at radius 2 is 1.63 bits per heavy atom. The molecule has 3 amide bonds. The maximum absolute atomic E-state index is 12.9. The van der Waals surface area contributed by atoms with Crippen LogP contribution >= 0.6 is 0 Å². The number of carbonyl (C=O) groups excluding carboxylic acids is 4. The van der Waals surface area contributed by atoms with Gasteiger partial charge in [0, 0.05) is 18.7 Å². The van der Waals surface area contributed by atoms with Gasteiger partial charge in [-0.2, -0.15) is 0 Å². The van der Waals surface area contributed by atoms with Crippen molar-refractivity contribution in [3.05, 3.63) is 65.2 Å². The Kier molecular flexibility index (Phi) is 5.79. The van der Waals surface area contributed by atoms with Gasteiger partial charge in [0.25, 0.3) is 0 Å². The second-order valence-electron chi connectivity index (χ2n) is 9.83. The zero-order valence-electron chi connectivity index (χ0n) is 20.1. The van der Waals surface area contributed by atoms with E-state index in [0.29, 0.717) is 24.3 Å². The van der Waals surface area contributed by atoms with Gasteiger partial charge in [-0.3, -0.25) is 24.1 Å². The summed E-state index contributed by atoms with van der Waals surface area (Å²) in [5.74, 6) is -1.79. The molecule has 5 rings (SSSR count). The maximum Gasteiger partial charge on any atom is 0.316 e. The van der Waals surface area contributed by atoms with Crippen molar-refractivity contribution in [3.8, 4) is 5.75 Å². The molecule has 0 bridgehead atoms. The Morgan fingerprint density at radius 1 is 0.914 bits per heavy atom. The minimum atomic E-state index is -0.566. The fourth-order valence-corrected chi connectivity index (χ4v) is 5.36. The summed E-state index contributed by atoms with van der Waals surface area (Å²) in [6.07, 6.45) is 3.33. The van der Waals surface area contributed by atoms with Crippen LogP contribution in [0.2, 0.25) is 0 Å². The van der Waals surface area contributed by atoms with Crippen molar-refractivity contribution in [2.75, 3.05) is 16.3 Å². The molecule has 0 unspecified atom stereocenters. The molecule has 3 atom stereocenters. The fourth-order valence-electron chi connectivity index (χ4n) is 5.36. The molecule has 2 aromatic carbocycles. The molecule has 3 aliphatic rings. The number of amides is 3. The van der Waals surface area contributed by atoms with Crippen LogP contribution in [0.3, 0.4) is 0 Å². The summed E-state index contributed by atoms with van der Waals surface area (Å²) in [7, 11) is 0. The molecule has 1 aliphatic carbocycles. The molecule has 0 N–H and O–H groups in total. The molecule has 2 heterocycles. The van der Waals surface area contributed by atoms with Crippen molar-refractivity contribution >= 4 is 35.1 Å². The number of imide groups is 1. The molecule has 2 fully saturated rings. The van der Waals surface area contributed by atoms with Crippen LogP contribution in [0.15, 0.2) is 54.1 Å². The zero-order valence-corrected chi connectivity index (χ0v) is 20.1. The fraction of sp³-hybridized carbons (Fsp3) is 0.357. The van der Waals surface area contributed by atoms with Gasteiger partial charge < -0.3 is 9.64 Å². The Balaban J connectivity index is 1.25. The number of anilines is 2. The largest absolute Gasteiger partial charge is 0.426 e. The third-order valence-corrected chi connectivity index (χ3v) is 7.24. The van der Waals surface area contributed by atoms with E-state index in [2.05, 4.69) is 0 Å². The van der Waals surface area contributed by atoms with Gasteiger partial charge in [0.1, 0.15) is 5.75 Å². The Bertz CT molecular complexity index is 1260. The summed E-state index contributed by atoms with van der Waals surface area (Å²) in [6, 6.07) is 12.3. The van der Waals surface area contributed by atoms with Crippen LogP contribution in [0.4, 0.5) is 11.4 Å². The van der Waals surface area contributed by atoms with E-state index in [1.807, 2.05) is 45.0 Å². The van der Waals surface area contributed by atoms with Gasteiger partial charge in [0.05, 0.1) is 23.4 Å². The average Bonchev–Trinajstić information content (AvgIpc) is 3.32. The number of fused-ring (bicyclic) bond motifs is 1. The normalized spacial score (nSPS) is 24.0. The third kappa shape index (κ3) is 4.16. The number of hydrogen-bond acceptors (Lipinski definition) is 5. The Hall–Kier alpha value is -3.74. The highest BCUT2D eigenvalue weighted by atomic mass is 16.5. The molecule has 2 aromatic rings. The lowest BCUT2D eigenvalue weighted by Gasteiger charge is -2.19. The van der Waals surface area contributed by atoms with Crippen LogP contribution in [0.5, 0.6) is 5.75 Å². The van der Waals surface area contributed by atoms with Crippen LogP contribution < -0.4 is 14.5 Å². The lowest BCUT2D eigenvalue weighted by Crippen LogP contribution is -2.30. The number of carbonyl (C=O) groups is 4. The number of hydrogen-bond donors (Lipinski definition) is 0. The molecule has 0 aromatic heterocycles. The lowest BCUT2D eigenvalue weighted by atomic mass is 9.82. The second kappa shape index (κ2) is 8.80. The molecule has 2 saturated heterocycles. The van der Waals surface area contributed by atoms with Crippen molar-refractivity contribution in [2.45, 2.75) is 40.0 Å². The smallest absolute Gasteiger partial charge is 0.316 e. The second-order valence-corrected chi connectivity index (χ2v) is 9.83. The minimum absolute atomic E-state index is 0.0945. The van der Waals surface area contributed by atoms with Crippen LogP contribution in [-0.2, 0) is 19.2 Å². The summed E-state index contributed by atoms with van der Waals surface area (Å²) in [6.45, 7) is 6.20. The molecule has 0 spiro atoms. The molecule has 7 nitrogen and oxygen atoms in total. The van der Waals surface area contributed by atoms with Crippen LogP contribution in [-0.4, -0.2) is 30.2 Å². The van der Waals surface area contributed by atoms with E-state index in [4.69, 9.17) is 4.74 Å². The summed E-state index contributed by atoms with van der Waals surface area (Å²) in [4.78, 5) is 54.1. The first kappa shape index (κ1) is 23.0. The van der Waals surface area contributed by atoms with Crippen molar-refractivity contribution in [1.82, 2.24) is 0 Å². The minimum Gasteiger partial charge on any atom is -0.426 e. The van der Waals surface area contributed by atoms with E-state index in [9.17, 15) is 19.2 Å². The highest BCUT2D eigenvalue weighted by molar-refractivity contribution is 6.22. The van der Waals surface area contributed by atoms with Crippen molar-refractivity contribution in [2.24, 2.45) is 17.8 Å². The monoisotopic (exact) mass is 472 g/mol. The number of aryl methyl sites for hydroxylation is 2. The van der Waals surface area contributed by atoms with E-state index in [0.717, 1.165) is 22.4 Å². The number of nitrogens with zero attached hydrogens (tertiary/aromatic N) is 2. The van der Waals surface area contributed by atoms with Crippen molar-refractivity contribution in [1.29, 1.82) is 0 Å². The van der Waals surface area contributed by atoms with Gasteiger partial charge in [-0.25, -0.2) is 0 Å². The summed E-state index contributed by atoms with van der Waals surface area (Å²) >= 11 is 0. The predicted molar refractivity (Wildman–Crippen MR) is 131 cm³/mol. The number of ether oxygens (including phenoxy) is 1. The maximum atomic E-state index is 12.9. The first-order chi connectivity index (χ1) is 16.7. The summed E-state index contributed by atoms with van der Waals surface area (Å²) in [5.41, 5.74) is 4.52. The van der Waals surface area contributed by atoms with Gasteiger partial charge >= 0.3 is 5.97 Å². The number of esters is 1. The van der Waals surface area contributed by atoms with Gasteiger partial charge in [-0.15, -0.1) is 0 Å². The van der Waals surface area contributed by atoms with Gasteiger partial charge in [-0.1, -0.05) is 29.3 Å². The highest BCUT2D eigenvalue weighted by Gasteiger charge is 2.48. The van der Waals surface area contributed by atoms with E-state index < -0.39 is 11.9 Å². The van der Waals surface area contributed by atoms with Crippen molar-refractivity contribution in [3.63, 3.8) is 0 Å². The standard InChI is InChI=1S/C28H28N2O5/c1-16-5-11-24(18(3)12-16)29-15-19(14-25(29)31)28(34)35-21-8-6-20(7-9-21)30-26(32)22-10-4-17(2)13-23(22)27(30)33/h4-9,11-12,19,22-23H,10,13-15H2,1-3H3/t19-,22-,23+/m0/s1. The van der Waals surface area contributed by atoms with E-state index in [-0.39, 0.29) is 42.5 Å². The van der Waals surface area contributed by atoms with Gasteiger partial charge in [-0.05, 0) is 69.5 Å². The van der Waals surface area contributed by atoms with Crippen LogP contribution in [0, 0.1) is 31.6 Å². The van der Waals surface area contributed by atoms with E-state index in [1.54, 1.807) is 29.2 Å². The quantitative estimate of drug-likeness (QED) is 0.289. The van der Waals surface area contributed by atoms with Crippen LogP contribution in [0.25, 0.3) is 0 Å². The lowest BCUT2D eigenvalue weighted by molar-refractivity contribution is -0.139. The van der Waals surface area contributed by atoms with Gasteiger partial charge in [0.2, 0.25) is 17.7 Å². The number of allylic oxidation sites excluding steroid dienone is 2. The first-order valence-corrected chi connectivity index (χ1v) is 12.0. The van der Waals surface area contributed by atoms with Crippen molar-refractivity contribution < 1.29 is 23.9 Å². The SMILES string of the molecule is CC1=CC[C@@H]2C(=O)N(c3ccc(OC(=O)[C@H]4CC(=O)N(c5ccc(C)cc5C)C4)cc3)C(=O)[C@@H]2C1. The molecule has 0 saturated carbocycles. The summed E-state index contributed by atoms with van der Waals surface area (Å²) in [5, 5.41) is 0. The first-order valence-electron chi connectivity index (χ1n) is 12.0. The zero-order chi connectivity index (χ0) is 24.9. The van der Waals surface area contributed by atoms with Gasteiger partial charge in [0.15, 0.2) is 0 Å². The molecular weight excluding hydrogens is 444 g/mol. The molecule has 180 valence electrons. The average molecular weight is 473 g/mol. The van der Waals surface area contributed by atoms with E-state index >= 15 is 0 Å². The molecule has 7 heteroatoms. The van der Waals surface area contributed by atoms with E-state index in [1.165, 1.54) is 4.90 Å². The Morgan fingerprint density at radius 3 is 2.34 bits per heavy atom. The third-order valence-electron chi connectivity index (χ3n) is 7.24. The predicted octanol–water partition coefficient (Wildman–Crippen LogP) is 4.11. The molecule has 2 aliphatic heterocycles. The molecular formula is C28H28N2O5. The highest BCUT2D eigenvalue weighted by Crippen LogP contribution is 2.40. The molecule has 0 radical (unpaired) electrons. The van der Waals surface area contributed by atoms with Crippen LogP contribution in [0.1, 0.15) is 37.3 Å². The summed E-state index contributed by atoms with van der Waals surface area (Å²) < 4.78 is 5.55.